The maximum absolute atomic E-state index is 6.57. The Kier molecular flexibility index (Phi) is 17.8. The Bertz CT molecular complexity index is 9460. The van der Waals surface area contributed by atoms with Gasteiger partial charge in [-0.3, -0.25) is 9.13 Å². The number of furan rings is 1. The Balaban J connectivity index is 0.000000137. The minimum absolute atomic E-state index is 0.631. The zero-order chi connectivity index (χ0) is 88.7. The van der Waals surface area contributed by atoms with E-state index in [1.807, 2.05) is 12.1 Å². The van der Waals surface area contributed by atoms with Gasteiger partial charge in [0.2, 0.25) is 11.9 Å². The molecule has 9 nitrogen and oxygen atoms in total. The number of nitrogens with zero attached hydrogens (tertiary/aromatic N) is 8. The summed E-state index contributed by atoms with van der Waals surface area (Å²) < 4.78 is 15.9. The number of fused-ring (bicyclic) bond motifs is 19. The third-order valence-corrected chi connectivity index (χ3v) is 27.5. The fraction of sp³-hybridized carbons (Fsp3) is 0. The standard InChI is InChI=1S/C66H42N4.C60H36N4O/c1-3-17-43(18-4-1)49-37-50(44-19-5-2-6-20-44)39-51(38-49)69-62-31-13-11-27-56(62)58-40-47(33-35-64(58)69)48-34-36-65-59(41-48)57-28-12-14-32-63(57)70(65)66-67-60(54-29-15-23-45-21-7-9-25-52(45)54)42-61(68-66)55-30-16-24-46-22-8-10-26-53(46)55;1-3-18-41-37(14-1)16-11-23-43(41)51-36-52(44-24-12-17-38-15-2-4-19-42(38)44)62-60(61-51)64-54-27-9-6-21-46(54)50-35-40(31-33-56(50)64)39-30-32-55-49(34-39)45-20-5-8-26-53(45)63(55)57-28-13-25-48-47-22-7-10-29-58(47)65-59(48)57/h1-42H;1-36H. The molecule has 0 N–H and O–H groups in total. The number of rotatable bonds is 12. The largest absolute Gasteiger partial charge is 0.454 e. The second-order valence-electron chi connectivity index (χ2n) is 35.1. The Morgan fingerprint density at radius 1 is 0.163 bits per heavy atom. The highest BCUT2D eigenvalue weighted by Gasteiger charge is 2.26. The van der Waals surface area contributed by atoms with Gasteiger partial charge in [-0.15, -0.1) is 0 Å². The third kappa shape index (κ3) is 12.8. The predicted molar refractivity (Wildman–Crippen MR) is 562 cm³/mol. The first-order valence-corrected chi connectivity index (χ1v) is 46.0. The minimum Gasteiger partial charge on any atom is -0.454 e. The third-order valence-electron chi connectivity index (χ3n) is 27.5. The van der Waals surface area contributed by atoms with Crippen LogP contribution in [0, 0.1) is 0 Å². The number of para-hydroxylation sites is 6. The maximum atomic E-state index is 6.57. The van der Waals surface area contributed by atoms with Gasteiger partial charge in [-0.25, -0.2) is 19.9 Å². The van der Waals surface area contributed by atoms with Crippen molar-refractivity contribution in [2.75, 3.05) is 0 Å². The molecule has 0 radical (unpaired) electrons. The Hall–Kier alpha value is -18.2. The van der Waals surface area contributed by atoms with Gasteiger partial charge in [0.15, 0.2) is 5.58 Å². The van der Waals surface area contributed by atoms with E-state index < -0.39 is 0 Å². The molecule has 7 heterocycles. The van der Waals surface area contributed by atoms with E-state index in [-0.39, 0.29) is 0 Å². The van der Waals surface area contributed by atoms with E-state index in [0.29, 0.717) is 11.9 Å². The summed E-state index contributed by atoms with van der Waals surface area (Å²) in [4.78, 5) is 21.8. The van der Waals surface area contributed by atoms with E-state index in [1.54, 1.807) is 0 Å². The number of benzene rings is 21. The van der Waals surface area contributed by atoms with E-state index in [0.717, 1.165) is 182 Å². The molecule has 0 bridgehead atoms. The molecular weight excluding hydrogens is 1640 g/mol. The molecule has 628 valence electrons. The average Bonchev–Trinajstić information content (AvgIpc) is 1.58. The molecule has 28 rings (SSSR count). The molecule has 28 aromatic rings. The predicted octanol–water partition coefficient (Wildman–Crippen LogP) is 33.2. The van der Waals surface area contributed by atoms with Gasteiger partial charge in [-0.2, -0.15) is 0 Å². The summed E-state index contributed by atoms with van der Waals surface area (Å²) in [6.07, 6.45) is 0. The SMILES string of the molecule is c1ccc(-c2cc(-c3ccccc3)cc(-n3c4ccccc4c4cc(-c5ccc6c(c5)c5ccccc5n6-c5nc(-c6cccc7ccccc67)cc(-c6cccc7ccccc67)n5)ccc43)c2)cc1.c1ccc2c(-c3cc(-c4cccc5ccccc45)nc(-n4c5ccccc5c5cc(-c6ccc7c(c6)c6ccccc6n7-c6cccc7c6oc6ccccc67)ccc54)n3)cccc2c1. The monoisotopic (exact) mass is 1720 g/mol. The fourth-order valence-electron chi connectivity index (χ4n) is 21.2. The normalized spacial score (nSPS) is 11.9. The second-order valence-corrected chi connectivity index (χ2v) is 35.1. The Labute approximate surface area is 775 Å². The van der Waals surface area contributed by atoms with Crippen molar-refractivity contribution >= 4 is 152 Å². The smallest absolute Gasteiger partial charge is 0.235 e. The lowest BCUT2D eigenvalue weighted by Crippen LogP contribution is -2.04. The second kappa shape index (κ2) is 31.3. The topological polar surface area (TPSA) is 84.4 Å². The van der Waals surface area contributed by atoms with Crippen LogP contribution >= 0.6 is 0 Å². The van der Waals surface area contributed by atoms with Gasteiger partial charge in [-0.1, -0.05) is 358 Å². The van der Waals surface area contributed by atoms with Crippen LogP contribution in [-0.2, 0) is 0 Å². The van der Waals surface area contributed by atoms with Crippen LogP contribution in [0.2, 0.25) is 0 Å². The first-order valence-electron chi connectivity index (χ1n) is 46.0. The highest BCUT2D eigenvalue weighted by Crippen LogP contribution is 2.47. The molecule has 135 heavy (non-hydrogen) atoms. The fourth-order valence-corrected chi connectivity index (χ4v) is 21.2. The lowest BCUT2D eigenvalue weighted by Gasteiger charge is -2.14. The summed E-state index contributed by atoms with van der Waals surface area (Å²) in [7, 11) is 0. The summed E-state index contributed by atoms with van der Waals surface area (Å²) in [5.74, 6) is 1.26. The summed E-state index contributed by atoms with van der Waals surface area (Å²) >= 11 is 0. The maximum Gasteiger partial charge on any atom is 0.235 e. The molecule has 21 aromatic carbocycles. The van der Waals surface area contributed by atoms with Gasteiger partial charge < -0.3 is 13.6 Å². The van der Waals surface area contributed by atoms with Crippen molar-refractivity contribution in [1.29, 1.82) is 0 Å². The summed E-state index contributed by atoms with van der Waals surface area (Å²) in [5, 5.41) is 20.9. The molecule has 0 spiro atoms. The van der Waals surface area contributed by atoms with Gasteiger partial charge in [0.05, 0.1) is 72.6 Å². The first-order chi connectivity index (χ1) is 66.9. The molecule has 0 amide bonds. The number of hydrogen-bond donors (Lipinski definition) is 0. The van der Waals surface area contributed by atoms with Crippen LogP contribution < -0.4 is 0 Å². The molecule has 0 atom stereocenters. The molecule has 0 aliphatic rings. The zero-order valence-corrected chi connectivity index (χ0v) is 73.0. The summed E-state index contributed by atoms with van der Waals surface area (Å²) in [5.41, 5.74) is 29.9. The van der Waals surface area contributed by atoms with Crippen molar-refractivity contribution in [3.8, 4) is 113 Å². The van der Waals surface area contributed by atoms with Crippen LogP contribution in [0.4, 0.5) is 0 Å². The lowest BCUT2D eigenvalue weighted by molar-refractivity contribution is 0.666. The molecule has 0 unspecified atom stereocenters. The molecule has 0 saturated carbocycles. The van der Waals surface area contributed by atoms with E-state index in [9.17, 15) is 0 Å². The summed E-state index contributed by atoms with van der Waals surface area (Å²) in [6.45, 7) is 0. The summed E-state index contributed by atoms with van der Waals surface area (Å²) in [6, 6.07) is 170. The minimum atomic E-state index is 0.631. The highest BCUT2D eigenvalue weighted by atomic mass is 16.3. The van der Waals surface area contributed by atoms with Gasteiger partial charge in [-0.05, 0) is 203 Å². The lowest BCUT2D eigenvalue weighted by atomic mass is 9.98. The van der Waals surface area contributed by atoms with Crippen molar-refractivity contribution < 1.29 is 4.42 Å². The van der Waals surface area contributed by atoms with Crippen LogP contribution in [0.3, 0.4) is 0 Å². The van der Waals surface area contributed by atoms with Gasteiger partial charge in [0.1, 0.15) is 5.58 Å². The van der Waals surface area contributed by atoms with Gasteiger partial charge >= 0.3 is 0 Å². The zero-order valence-electron chi connectivity index (χ0n) is 73.0. The van der Waals surface area contributed by atoms with Gasteiger partial charge in [0, 0.05) is 81.8 Å². The molecule has 0 aliphatic heterocycles. The van der Waals surface area contributed by atoms with Crippen LogP contribution in [0.15, 0.2) is 478 Å². The van der Waals surface area contributed by atoms with Crippen molar-refractivity contribution in [3.05, 3.63) is 473 Å². The number of aromatic nitrogens is 8. The molecule has 0 fully saturated rings. The average molecular weight is 1720 g/mol. The van der Waals surface area contributed by atoms with Crippen molar-refractivity contribution in [2.45, 2.75) is 0 Å². The highest BCUT2D eigenvalue weighted by molar-refractivity contribution is 6.17. The van der Waals surface area contributed by atoms with E-state index >= 15 is 0 Å². The van der Waals surface area contributed by atoms with Crippen LogP contribution in [-0.4, -0.2) is 38.2 Å². The van der Waals surface area contributed by atoms with Crippen molar-refractivity contribution in [3.63, 3.8) is 0 Å². The van der Waals surface area contributed by atoms with Crippen LogP contribution in [0.5, 0.6) is 0 Å². The molecule has 9 heteroatoms. The molecule has 0 saturated heterocycles. The van der Waals surface area contributed by atoms with Crippen molar-refractivity contribution in [2.24, 2.45) is 0 Å². The first kappa shape index (κ1) is 76.8. The van der Waals surface area contributed by atoms with Crippen LogP contribution in [0.1, 0.15) is 0 Å². The van der Waals surface area contributed by atoms with Crippen LogP contribution in [0.25, 0.3) is 265 Å². The molecular formula is C126H78N8O. The van der Waals surface area contributed by atoms with E-state index in [2.05, 4.69) is 479 Å². The van der Waals surface area contributed by atoms with Gasteiger partial charge in [0.25, 0.3) is 0 Å². The quantitative estimate of drug-likeness (QED) is 0.122. The Morgan fingerprint density at radius 3 is 0.830 bits per heavy atom. The molecule has 7 aromatic heterocycles. The molecule has 0 aliphatic carbocycles. The van der Waals surface area contributed by atoms with E-state index in [4.69, 9.17) is 24.4 Å². The van der Waals surface area contributed by atoms with Crippen molar-refractivity contribution in [1.82, 2.24) is 38.2 Å². The number of hydrogen-bond acceptors (Lipinski definition) is 5. The van der Waals surface area contributed by atoms with E-state index in [1.165, 1.54) is 70.9 Å². The Morgan fingerprint density at radius 2 is 0.444 bits per heavy atom.